The fourth-order valence-electron chi connectivity index (χ4n) is 2.84. The van der Waals surface area contributed by atoms with Gasteiger partial charge in [0.05, 0.1) is 7.11 Å². The van der Waals surface area contributed by atoms with Gasteiger partial charge >= 0.3 is 0 Å². The van der Waals surface area contributed by atoms with Crippen molar-refractivity contribution in [2.45, 2.75) is 43.7 Å². The minimum atomic E-state index is -0.0156. The molecule has 1 aliphatic heterocycles. The molecule has 0 radical (unpaired) electrons. The lowest BCUT2D eigenvalue weighted by atomic mass is 10.0. The number of ether oxygens (including phenoxy) is 2. The maximum Gasteiger partial charge on any atom is 0.163 e. The number of methoxy groups -OCH3 is 1. The van der Waals surface area contributed by atoms with Gasteiger partial charge in [-0.2, -0.15) is 0 Å². The summed E-state index contributed by atoms with van der Waals surface area (Å²) in [5.74, 6) is 1.71. The van der Waals surface area contributed by atoms with Crippen LogP contribution in [0.1, 0.15) is 31.2 Å². The molecule has 1 saturated carbocycles. The molecule has 1 atom stereocenters. The van der Waals surface area contributed by atoms with Gasteiger partial charge in [-0.05, 0) is 50.3 Å². The Labute approximate surface area is 120 Å². The van der Waals surface area contributed by atoms with Crippen LogP contribution in [0.15, 0.2) is 18.2 Å². The van der Waals surface area contributed by atoms with Crippen molar-refractivity contribution in [2.24, 2.45) is 5.73 Å². The summed E-state index contributed by atoms with van der Waals surface area (Å²) in [6.07, 6.45) is 5.58. The van der Waals surface area contributed by atoms with Crippen LogP contribution in [-0.2, 0) is 6.42 Å². The first-order valence-corrected chi connectivity index (χ1v) is 7.52. The number of piperidine rings is 1. The standard InChI is InChI=1S/C16H24N2O2/c1-19-15-12(10-16(17)7-8-16)4-2-6-14(15)20-13-5-3-9-18-11-13/h2,4,6,13,18H,3,5,7-11,17H2,1H3. The second-order valence-corrected chi connectivity index (χ2v) is 6.07. The third-order valence-electron chi connectivity index (χ3n) is 4.24. The van der Waals surface area contributed by atoms with E-state index in [1.165, 1.54) is 6.42 Å². The van der Waals surface area contributed by atoms with Crippen molar-refractivity contribution >= 4 is 0 Å². The number of nitrogens with two attached hydrogens (primary N) is 1. The Hall–Kier alpha value is -1.26. The molecule has 4 nitrogen and oxygen atoms in total. The fraction of sp³-hybridized carbons (Fsp3) is 0.625. The molecule has 0 bridgehead atoms. The first-order chi connectivity index (χ1) is 9.70. The summed E-state index contributed by atoms with van der Waals surface area (Å²) in [5.41, 5.74) is 7.38. The van der Waals surface area contributed by atoms with Crippen LogP contribution in [0.3, 0.4) is 0 Å². The van der Waals surface area contributed by atoms with E-state index < -0.39 is 0 Å². The van der Waals surface area contributed by atoms with Crippen LogP contribution in [-0.4, -0.2) is 31.8 Å². The topological polar surface area (TPSA) is 56.5 Å². The third kappa shape index (κ3) is 3.07. The van der Waals surface area contributed by atoms with E-state index in [1.54, 1.807) is 7.11 Å². The van der Waals surface area contributed by atoms with Gasteiger partial charge in [0.15, 0.2) is 11.5 Å². The summed E-state index contributed by atoms with van der Waals surface area (Å²) in [4.78, 5) is 0. The quantitative estimate of drug-likeness (QED) is 0.862. The molecule has 1 aliphatic carbocycles. The third-order valence-corrected chi connectivity index (χ3v) is 4.24. The SMILES string of the molecule is COc1c(CC2(N)CC2)cccc1OC1CCCNC1. The van der Waals surface area contributed by atoms with Crippen LogP contribution in [0.2, 0.25) is 0 Å². The number of hydrogen-bond donors (Lipinski definition) is 2. The lowest BCUT2D eigenvalue weighted by Crippen LogP contribution is -2.37. The first kappa shape index (κ1) is 13.7. The van der Waals surface area contributed by atoms with Crippen molar-refractivity contribution in [1.29, 1.82) is 0 Å². The predicted octanol–water partition coefficient (Wildman–Crippen LogP) is 1.86. The van der Waals surface area contributed by atoms with E-state index in [0.717, 1.165) is 55.8 Å². The van der Waals surface area contributed by atoms with Crippen LogP contribution in [0.4, 0.5) is 0 Å². The minimum absolute atomic E-state index is 0.0156. The molecule has 3 N–H and O–H groups in total. The second-order valence-electron chi connectivity index (χ2n) is 6.07. The number of nitrogens with one attached hydrogen (secondary N) is 1. The van der Waals surface area contributed by atoms with Crippen LogP contribution in [0.5, 0.6) is 11.5 Å². The minimum Gasteiger partial charge on any atom is -0.493 e. The smallest absolute Gasteiger partial charge is 0.163 e. The molecular weight excluding hydrogens is 252 g/mol. The average Bonchev–Trinajstić information content (AvgIpc) is 3.18. The van der Waals surface area contributed by atoms with Crippen LogP contribution < -0.4 is 20.5 Å². The highest BCUT2D eigenvalue weighted by molar-refractivity contribution is 5.48. The van der Waals surface area contributed by atoms with Gasteiger partial charge in [-0.3, -0.25) is 0 Å². The molecule has 1 unspecified atom stereocenters. The maximum absolute atomic E-state index is 6.23. The molecule has 0 spiro atoms. The van der Waals surface area contributed by atoms with E-state index in [2.05, 4.69) is 11.4 Å². The summed E-state index contributed by atoms with van der Waals surface area (Å²) in [5, 5.41) is 3.37. The molecular formula is C16H24N2O2. The van der Waals surface area contributed by atoms with Gasteiger partial charge in [0.1, 0.15) is 6.10 Å². The largest absolute Gasteiger partial charge is 0.493 e. The van der Waals surface area contributed by atoms with Crippen molar-refractivity contribution in [1.82, 2.24) is 5.32 Å². The number of hydrogen-bond acceptors (Lipinski definition) is 4. The molecule has 1 heterocycles. The Morgan fingerprint density at radius 2 is 2.25 bits per heavy atom. The summed E-state index contributed by atoms with van der Waals surface area (Å²) < 4.78 is 11.7. The normalized spacial score (nSPS) is 24.2. The zero-order chi connectivity index (χ0) is 14.0. The Morgan fingerprint density at radius 1 is 1.40 bits per heavy atom. The van der Waals surface area contributed by atoms with Crippen molar-refractivity contribution in [3.63, 3.8) is 0 Å². The molecule has 2 aliphatic rings. The summed E-state index contributed by atoms with van der Waals surface area (Å²) in [6.45, 7) is 2.00. The van der Waals surface area contributed by atoms with Gasteiger partial charge in [0.2, 0.25) is 0 Å². The Kier molecular flexibility index (Phi) is 3.85. The molecule has 0 amide bonds. The molecule has 110 valence electrons. The number of benzene rings is 1. The number of rotatable bonds is 5. The van der Waals surface area contributed by atoms with Crippen molar-refractivity contribution < 1.29 is 9.47 Å². The summed E-state index contributed by atoms with van der Waals surface area (Å²) >= 11 is 0. The van der Waals surface area contributed by atoms with Gasteiger partial charge in [-0.15, -0.1) is 0 Å². The van der Waals surface area contributed by atoms with Gasteiger partial charge < -0.3 is 20.5 Å². The molecule has 1 aromatic rings. The van der Waals surface area contributed by atoms with Crippen LogP contribution in [0.25, 0.3) is 0 Å². The Morgan fingerprint density at radius 3 is 2.90 bits per heavy atom. The van der Waals surface area contributed by atoms with Gasteiger partial charge in [0.25, 0.3) is 0 Å². The molecule has 20 heavy (non-hydrogen) atoms. The van der Waals surface area contributed by atoms with Crippen molar-refractivity contribution in [3.8, 4) is 11.5 Å². The highest BCUT2D eigenvalue weighted by Crippen LogP contribution is 2.40. The van der Waals surface area contributed by atoms with Gasteiger partial charge in [-0.25, -0.2) is 0 Å². The number of para-hydroxylation sites is 1. The van der Waals surface area contributed by atoms with Crippen molar-refractivity contribution in [2.75, 3.05) is 20.2 Å². The summed E-state index contributed by atoms with van der Waals surface area (Å²) in [7, 11) is 1.71. The fourth-order valence-corrected chi connectivity index (χ4v) is 2.84. The molecule has 4 heteroatoms. The Bertz CT molecular complexity index is 466. The monoisotopic (exact) mass is 276 g/mol. The highest BCUT2D eigenvalue weighted by atomic mass is 16.5. The lowest BCUT2D eigenvalue weighted by molar-refractivity contribution is 0.161. The highest BCUT2D eigenvalue weighted by Gasteiger charge is 2.39. The maximum atomic E-state index is 6.23. The van der Waals surface area contributed by atoms with E-state index >= 15 is 0 Å². The van der Waals surface area contributed by atoms with Crippen molar-refractivity contribution in [3.05, 3.63) is 23.8 Å². The van der Waals surface area contributed by atoms with Gasteiger partial charge in [0, 0.05) is 12.1 Å². The zero-order valence-electron chi connectivity index (χ0n) is 12.2. The molecule has 3 rings (SSSR count). The molecule has 1 aromatic carbocycles. The van der Waals surface area contributed by atoms with Crippen LogP contribution >= 0.6 is 0 Å². The Balaban J connectivity index is 1.76. The van der Waals surface area contributed by atoms with E-state index in [1.807, 2.05) is 12.1 Å². The van der Waals surface area contributed by atoms with E-state index in [-0.39, 0.29) is 11.6 Å². The lowest BCUT2D eigenvalue weighted by Gasteiger charge is -2.25. The average molecular weight is 276 g/mol. The predicted molar refractivity (Wildman–Crippen MR) is 79.4 cm³/mol. The first-order valence-electron chi connectivity index (χ1n) is 7.52. The molecule has 1 saturated heterocycles. The van der Waals surface area contributed by atoms with E-state index in [0.29, 0.717) is 0 Å². The second kappa shape index (κ2) is 5.62. The van der Waals surface area contributed by atoms with E-state index in [9.17, 15) is 0 Å². The zero-order valence-corrected chi connectivity index (χ0v) is 12.2. The van der Waals surface area contributed by atoms with Crippen LogP contribution in [0, 0.1) is 0 Å². The molecule has 0 aromatic heterocycles. The molecule has 2 fully saturated rings. The summed E-state index contributed by atoms with van der Waals surface area (Å²) in [6, 6.07) is 6.12. The van der Waals surface area contributed by atoms with Gasteiger partial charge in [-0.1, -0.05) is 12.1 Å². The van der Waals surface area contributed by atoms with E-state index in [4.69, 9.17) is 15.2 Å².